The zero-order chi connectivity index (χ0) is 19.7. The van der Waals surface area contributed by atoms with Gasteiger partial charge in [-0.25, -0.2) is 4.98 Å². The van der Waals surface area contributed by atoms with Crippen LogP contribution in [0.4, 0.5) is 0 Å². The van der Waals surface area contributed by atoms with E-state index in [9.17, 15) is 14.9 Å². The van der Waals surface area contributed by atoms with Crippen LogP contribution in [0.5, 0.6) is 0 Å². The Bertz CT molecular complexity index is 1370. The second kappa shape index (κ2) is 6.85. The Labute approximate surface area is 159 Å². The summed E-state index contributed by atoms with van der Waals surface area (Å²) >= 11 is 0. The third kappa shape index (κ3) is 2.73. The number of hydrazine groups is 1. The van der Waals surface area contributed by atoms with E-state index in [1.54, 1.807) is 43.3 Å². The van der Waals surface area contributed by atoms with Crippen molar-refractivity contribution in [2.75, 3.05) is 0 Å². The fourth-order valence-electron chi connectivity index (χ4n) is 3.12. The fourth-order valence-corrected chi connectivity index (χ4v) is 3.12. The van der Waals surface area contributed by atoms with Crippen LogP contribution in [0.1, 0.15) is 21.5 Å². The van der Waals surface area contributed by atoms with E-state index in [-0.39, 0.29) is 16.7 Å². The van der Waals surface area contributed by atoms with Crippen molar-refractivity contribution in [1.82, 2.24) is 20.2 Å². The minimum Gasteiger partial charge on any atom is -0.305 e. The molecule has 0 spiro atoms. The minimum atomic E-state index is -0.336. The number of hydrogen-bond acceptors (Lipinski definition) is 5. The molecular weight excluding hydrogens is 354 g/mol. The van der Waals surface area contributed by atoms with Gasteiger partial charge in [-0.3, -0.25) is 19.4 Å². The molecule has 0 aliphatic carbocycles. The zero-order valence-corrected chi connectivity index (χ0v) is 14.9. The number of rotatable bonds is 3. The smallest absolute Gasteiger partial charge is 0.269 e. The van der Waals surface area contributed by atoms with Crippen molar-refractivity contribution in [3.63, 3.8) is 0 Å². The van der Waals surface area contributed by atoms with Crippen LogP contribution in [0, 0.1) is 18.3 Å². The van der Waals surface area contributed by atoms with Crippen LogP contribution in [0.2, 0.25) is 0 Å². The van der Waals surface area contributed by atoms with Crippen molar-refractivity contribution in [3.8, 4) is 6.07 Å². The number of nitriles is 1. The lowest BCUT2D eigenvalue weighted by atomic mass is 10.1. The maximum atomic E-state index is 13.1. The van der Waals surface area contributed by atoms with Gasteiger partial charge < -0.3 is 5.43 Å². The van der Waals surface area contributed by atoms with Crippen molar-refractivity contribution in [3.05, 3.63) is 86.9 Å². The predicted molar refractivity (Wildman–Crippen MR) is 105 cm³/mol. The summed E-state index contributed by atoms with van der Waals surface area (Å²) in [5, 5.41) is 9.89. The first kappa shape index (κ1) is 17.2. The average molecular weight is 369 g/mol. The van der Waals surface area contributed by atoms with E-state index in [4.69, 9.17) is 0 Å². The van der Waals surface area contributed by atoms with E-state index in [0.29, 0.717) is 33.4 Å². The number of hydrogen-bond donors (Lipinski definition) is 2. The van der Waals surface area contributed by atoms with Crippen molar-refractivity contribution >= 4 is 28.8 Å². The third-order valence-electron chi connectivity index (χ3n) is 4.55. The van der Waals surface area contributed by atoms with Gasteiger partial charge in [0.15, 0.2) is 5.65 Å². The molecule has 2 N–H and O–H groups in total. The molecule has 2 heterocycles. The minimum absolute atomic E-state index is 0.278. The molecule has 0 radical (unpaired) electrons. The maximum Gasteiger partial charge on any atom is 0.269 e. The quantitative estimate of drug-likeness (QED) is 0.532. The number of imidazole rings is 1. The van der Waals surface area contributed by atoms with Crippen molar-refractivity contribution < 1.29 is 4.79 Å². The number of nitrogens with zero attached hydrogens (tertiary/aromatic N) is 3. The van der Waals surface area contributed by atoms with Crippen molar-refractivity contribution in [2.45, 2.75) is 6.92 Å². The van der Waals surface area contributed by atoms with E-state index in [0.717, 1.165) is 0 Å². The molecule has 0 aliphatic rings. The second-order valence-corrected chi connectivity index (χ2v) is 6.20. The van der Waals surface area contributed by atoms with Gasteiger partial charge >= 0.3 is 0 Å². The lowest BCUT2D eigenvalue weighted by Gasteiger charge is -2.06. The van der Waals surface area contributed by atoms with Gasteiger partial charge in [0.25, 0.3) is 11.5 Å². The highest BCUT2D eigenvalue weighted by Gasteiger charge is 2.15. The first-order valence-electron chi connectivity index (χ1n) is 8.57. The summed E-state index contributed by atoms with van der Waals surface area (Å²) < 4.78 is 1.42. The largest absolute Gasteiger partial charge is 0.305 e. The van der Waals surface area contributed by atoms with E-state index in [1.807, 2.05) is 18.2 Å². The molecule has 0 unspecified atom stereocenters. The van der Waals surface area contributed by atoms with Crippen LogP contribution in [-0.4, -0.2) is 15.3 Å². The molecule has 0 saturated heterocycles. The normalized spacial score (nSPS) is 11.5. The highest BCUT2D eigenvalue weighted by atomic mass is 16.2. The average Bonchev–Trinajstić information content (AvgIpc) is 3.10. The SMILES string of the molecule is Cc1c(C#N)c2nc3ccccc3n2c(=O)c1=CNNC(=O)c1ccccc1. The van der Waals surface area contributed by atoms with E-state index in [2.05, 4.69) is 21.9 Å². The van der Waals surface area contributed by atoms with Gasteiger partial charge in [0.2, 0.25) is 0 Å². The first-order chi connectivity index (χ1) is 13.6. The number of fused-ring (bicyclic) bond motifs is 3. The molecule has 0 saturated carbocycles. The predicted octanol–water partition coefficient (Wildman–Crippen LogP) is 1.42. The lowest BCUT2D eigenvalue weighted by molar-refractivity contribution is 0.0943. The van der Waals surface area contributed by atoms with Gasteiger partial charge in [-0.05, 0) is 36.8 Å². The molecule has 7 heteroatoms. The summed E-state index contributed by atoms with van der Waals surface area (Å²) in [4.78, 5) is 29.6. The Hall–Kier alpha value is -4.18. The van der Waals surface area contributed by atoms with Gasteiger partial charge in [-0.1, -0.05) is 30.3 Å². The third-order valence-corrected chi connectivity index (χ3v) is 4.55. The number of nitrogens with one attached hydrogen (secondary N) is 2. The molecule has 0 aliphatic heterocycles. The summed E-state index contributed by atoms with van der Waals surface area (Å²) in [6.45, 7) is 1.69. The summed E-state index contributed by atoms with van der Waals surface area (Å²) in [6, 6.07) is 18.0. The number of pyridine rings is 1. The van der Waals surface area contributed by atoms with E-state index in [1.165, 1.54) is 10.6 Å². The number of aromatic nitrogens is 2. The van der Waals surface area contributed by atoms with Crippen LogP contribution < -0.4 is 21.6 Å². The Morgan fingerprint density at radius 1 is 1.14 bits per heavy atom. The fraction of sp³-hybridized carbons (Fsp3) is 0.0476. The summed E-state index contributed by atoms with van der Waals surface area (Å²) in [7, 11) is 0. The van der Waals surface area contributed by atoms with E-state index >= 15 is 0 Å². The van der Waals surface area contributed by atoms with Crippen LogP contribution in [0.25, 0.3) is 22.9 Å². The van der Waals surface area contributed by atoms with Gasteiger partial charge in [0, 0.05) is 11.8 Å². The lowest BCUT2D eigenvalue weighted by Crippen LogP contribution is -2.40. The Morgan fingerprint density at radius 3 is 2.61 bits per heavy atom. The number of para-hydroxylation sites is 2. The Kier molecular flexibility index (Phi) is 4.22. The number of carbonyl (C=O) groups is 1. The van der Waals surface area contributed by atoms with Gasteiger partial charge in [0.1, 0.15) is 6.07 Å². The van der Waals surface area contributed by atoms with Crippen LogP contribution in [-0.2, 0) is 0 Å². The van der Waals surface area contributed by atoms with Crippen molar-refractivity contribution in [1.29, 1.82) is 5.26 Å². The van der Waals surface area contributed by atoms with Gasteiger partial charge in [-0.2, -0.15) is 5.26 Å². The number of carbonyl (C=O) groups excluding carboxylic acids is 1. The molecule has 2 aromatic heterocycles. The molecule has 2 aromatic carbocycles. The molecule has 0 fully saturated rings. The molecule has 0 bridgehead atoms. The van der Waals surface area contributed by atoms with Crippen LogP contribution in [0.3, 0.4) is 0 Å². The maximum absolute atomic E-state index is 13.1. The zero-order valence-electron chi connectivity index (χ0n) is 14.9. The van der Waals surface area contributed by atoms with Crippen LogP contribution >= 0.6 is 0 Å². The second-order valence-electron chi connectivity index (χ2n) is 6.20. The Balaban J connectivity index is 1.82. The Morgan fingerprint density at radius 2 is 1.86 bits per heavy atom. The summed E-state index contributed by atoms with van der Waals surface area (Å²) in [5.41, 5.74) is 7.77. The number of amides is 1. The highest BCUT2D eigenvalue weighted by Crippen LogP contribution is 2.17. The molecule has 1 amide bonds. The monoisotopic (exact) mass is 369 g/mol. The summed E-state index contributed by atoms with van der Waals surface area (Å²) in [5.74, 6) is -0.336. The van der Waals surface area contributed by atoms with E-state index < -0.39 is 0 Å². The molecule has 4 aromatic rings. The standard InChI is InChI=1S/C21H15N5O2/c1-13-15(11-22)19-24-17-9-5-6-10-18(17)26(19)21(28)16(13)12-23-25-20(27)14-7-3-2-4-8-14/h2-10,12,23H,1H3,(H,25,27). The molecule has 136 valence electrons. The first-order valence-corrected chi connectivity index (χ1v) is 8.57. The topological polar surface area (TPSA) is 99.3 Å². The summed E-state index contributed by atoms with van der Waals surface area (Å²) in [6.07, 6.45) is 1.40. The molecular formula is C21H15N5O2. The molecule has 28 heavy (non-hydrogen) atoms. The van der Waals surface area contributed by atoms with Gasteiger partial charge in [-0.15, -0.1) is 0 Å². The number of benzene rings is 2. The van der Waals surface area contributed by atoms with Crippen LogP contribution in [0.15, 0.2) is 59.4 Å². The van der Waals surface area contributed by atoms with Crippen molar-refractivity contribution in [2.24, 2.45) is 0 Å². The molecule has 4 rings (SSSR count). The molecule has 0 atom stereocenters. The van der Waals surface area contributed by atoms with Gasteiger partial charge in [0.05, 0.1) is 21.8 Å². The highest BCUT2D eigenvalue weighted by molar-refractivity contribution is 5.94. The molecule has 7 nitrogen and oxygen atoms in total.